The first-order chi connectivity index (χ1) is 7.93. The summed E-state index contributed by atoms with van der Waals surface area (Å²) in [5.41, 5.74) is 6.10. The molecule has 0 bridgehead atoms. The van der Waals surface area contributed by atoms with Crippen molar-refractivity contribution in [3.05, 3.63) is 35.6 Å². The van der Waals surface area contributed by atoms with Gasteiger partial charge in [0.25, 0.3) is 0 Å². The number of hydrogen-bond acceptors (Lipinski definition) is 2. The van der Waals surface area contributed by atoms with Crippen molar-refractivity contribution < 1.29 is 9.18 Å². The standard InChI is InChI=1S/C13H19FN2O/c1-9(15)8-13(17)16(3)10(2)11-6-4-5-7-12(11)14/h4-7,9-10H,8,15H2,1-3H3. The normalized spacial score (nSPS) is 14.2. The number of hydrogen-bond donors (Lipinski definition) is 1. The van der Waals surface area contributed by atoms with Crippen LogP contribution in [0.15, 0.2) is 24.3 Å². The van der Waals surface area contributed by atoms with E-state index in [9.17, 15) is 9.18 Å². The van der Waals surface area contributed by atoms with Crippen LogP contribution in [0.1, 0.15) is 31.9 Å². The highest BCUT2D eigenvalue weighted by Gasteiger charge is 2.20. The number of carbonyl (C=O) groups is 1. The molecule has 2 unspecified atom stereocenters. The molecular weight excluding hydrogens is 219 g/mol. The SMILES string of the molecule is CC(N)CC(=O)N(C)C(C)c1ccccc1F. The minimum atomic E-state index is -0.291. The maximum atomic E-state index is 13.6. The van der Waals surface area contributed by atoms with Gasteiger partial charge in [-0.25, -0.2) is 4.39 Å². The number of benzene rings is 1. The number of amides is 1. The van der Waals surface area contributed by atoms with Crippen molar-refractivity contribution in [3.63, 3.8) is 0 Å². The molecule has 1 rings (SSSR count). The van der Waals surface area contributed by atoms with Gasteiger partial charge >= 0.3 is 0 Å². The first kappa shape index (κ1) is 13.6. The summed E-state index contributed by atoms with van der Waals surface area (Å²) in [7, 11) is 1.67. The van der Waals surface area contributed by atoms with E-state index in [0.717, 1.165) is 0 Å². The summed E-state index contributed by atoms with van der Waals surface area (Å²) in [5.74, 6) is -0.365. The Bertz CT molecular complexity index is 393. The van der Waals surface area contributed by atoms with E-state index in [1.165, 1.54) is 11.0 Å². The zero-order valence-electron chi connectivity index (χ0n) is 10.5. The Morgan fingerprint density at radius 2 is 2.00 bits per heavy atom. The predicted molar refractivity (Wildman–Crippen MR) is 65.9 cm³/mol. The second-order valence-electron chi connectivity index (χ2n) is 4.38. The lowest BCUT2D eigenvalue weighted by molar-refractivity contribution is -0.132. The molecule has 0 aliphatic carbocycles. The van der Waals surface area contributed by atoms with Crippen LogP contribution >= 0.6 is 0 Å². The molecule has 0 spiro atoms. The van der Waals surface area contributed by atoms with E-state index in [-0.39, 0.29) is 30.2 Å². The molecule has 1 amide bonds. The van der Waals surface area contributed by atoms with Crippen molar-refractivity contribution in [3.8, 4) is 0 Å². The maximum absolute atomic E-state index is 13.6. The Hall–Kier alpha value is -1.42. The number of carbonyl (C=O) groups excluding carboxylic acids is 1. The Morgan fingerprint density at radius 1 is 1.41 bits per heavy atom. The van der Waals surface area contributed by atoms with Crippen LogP contribution < -0.4 is 5.73 Å². The molecule has 0 aliphatic heterocycles. The summed E-state index contributed by atoms with van der Waals surface area (Å²) in [5, 5.41) is 0. The van der Waals surface area contributed by atoms with Gasteiger partial charge in [0, 0.05) is 25.1 Å². The number of rotatable bonds is 4. The third-order valence-corrected chi connectivity index (χ3v) is 2.83. The topological polar surface area (TPSA) is 46.3 Å². The molecule has 2 atom stereocenters. The molecule has 0 radical (unpaired) electrons. The van der Waals surface area contributed by atoms with Crippen LogP contribution in [0.5, 0.6) is 0 Å². The van der Waals surface area contributed by atoms with Gasteiger partial charge in [-0.3, -0.25) is 4.79 Å². The van der Waals surface area contributed by atoms with Crippen molar-refractivity contribution >= 4 is 5.91 Å². The van der Waals surface area contributed by atoms with Crippen molar-refractivity contribution in [2.24, 2.45) is 5.73 Å². The summed E-state index contributed by atoms with van der Waals surface area (Å²) in [4.78, 5) is 13.3. The fourth-order valence-corrected chi connectivity index (χ4v) is 1.66. The maximum Gasteiger partial charge on any atom is 0.224 e. The minimum absolute atomic E-state index is 0.0734. The molecule has 1 aromatic rings. The van der Waals surface area contributed by atoms with Crippen LogP contribution in [-0.4, -0.2) is 23.9 Å². The lowest BCUT2D eigenvalue weighted by atomic mass is 10.1. The lowest BCUT2D eigenvalue weighted by Crippen LogP contribution is -2.34. The van der Waals surface area contributed by atoms with Gasteiger partial charge < -0.3 is 10.6 Å². The van der Waals surface area contributed by atoms with Gasteiger partial charge in [0.2, 0.25) is 5.91 Å². The van der Waals surface area contributed by atoms with Gasteiger partial charge in [-0.05, 0) is 19.9 Å². The Kier molecular flexibility index (Phi) is 4.63. The smallest absolute Gasteiger partial charge is 0.224 e. The van der Waals surface area contributed by atoms with Crippen molar-refractivity contribution in [2.75, 3.05) is 7.05 Å². The first-order valence-corrected chi connectivity index (χ1v) is 5.69. The number of nitrogens with zero attached hydrogens (tertiary/aromatic N) is 1. The highest BCUT2D eigenvalue weighted by molar-refractivity contribution is 5.77. The molecular formula is C13H19FN2O. The largest absolute Gasteiger partial charge is 0.339 e. The third kappa shape index (κ3) is 3.53. The Labute approximate surface area is 101 Å². The Morgan fingerprint density at radius 3 is 2.53 bits per heavy atom. The average molecular weight is 238 g/mol. The molecule has 0 saturated carbocycles. The molecule has 0 saturated heterocycles. The van der Waals surface area contributed by atoms with E-state index < -0.39 is 0 Å². The molecule has 3 nitrogen and oxygen atoms in total. The van der Waals surface area contributed by atoms with E-state index in [1.54, 1.807) is 39.1 Å². The molecule has 1 aromatic carbocycles. The molecule has 0 heterocycles. The van der Waals surface area contributed by atoms with Gasteiger partial charge in [0.05, 0.1) is 6.04 Å². The van der Waals surface area contributed by atoms with Crippen LogP contribution in [0.2, 0.25) is 0 Å². The van der Waals surface area contributed by atoms with E-state index in [0.29, 0.717) is 5.56 Å². The summed E-state index contributed by atoms with van der Waals surface area (Å²) in [6.45, 7) is 3.58. The fraction of sp³-hybridized carbons (Fsp3) is 0.462. The zero-order valence-corrected chi connectivity index (χ0v) is 10.5. The second kappa shape index (κ2) is 5.77. The number of nitrogens with two attached hydrogens (primary N) is 1. The fourth-order valence-electron chi connectivity index (χ4n) is 1.66. The van der Waals surface area contributed by atoms with Crippen LogP contribution in [0.25, 0.3) is 0 Å². The third-order valence-electron chi connectivity index (χ3n) is 2.83. The van der Waals surface area contributed by atoms with E-state index in [4.69, 9.17) is 5.73 Å². The molecule has 0 fully saturated rings. The molecule has 2 N–H and O–H groups in total. The second-order valence-corrected chi connectivity index (χ2v) is 4.38. The van der Waals surface area contributed by atoms with Crippen LogP contribution in [0.4, 0.5) is 4.39 Å². The van der Waals surface area contributed by atoms with E-state index >= 15 is 0 Å². The van der Waals surface area contributed by atoms with Crippen LogP contribution in [0.3, 0.4) is 0 Å². The van der Waals surface area contributed by atoms with Crippen molar-refractivity contribution in [1.29, 1.82) is 0 Å². The summed E-state index contributed by atoms with van der Waals surface area (Å²) in [6, 6.07) is 6.01. The minimum Gasteiger partial charge on any atom is -0.339 e. The molecule has 0 aliphatic rings. The predicted octanol–water partition coefficient (Wildman–Crippen LogP) is 2.08. The lowest BCUT2D eigenvalue weighted by Gasteiger charge is -2.26. The highest BCUT2D eigenvalue weighted by atomic mass is 19.1. The van der Waals surface area contributed by atoms with Crippen molar-refractivity contribution in [1.82, 2.24) is 4.90 Å². The summed E-state index contributed by atoms with van der Waals surface area (Å²) >= 11 is 0. The van der Waals surface area contributed by atoms with Gasteiger partial charge in [-0.1, -0.05) is 18.2 Å². The monoisotopic (exact) mass is 238 g/mol. The van der Waals surface area contributed by atoms with E-state index in [1.807, 2.05) is 0 Å². The summed E-state index contributed by atoms with van der Waals surface area (Å²) < 4.78 is 13.6. The van der Waals surface area contributed by atoms with Gasteiger partial charge in [0.1, 0.15) is 5.82 Å². The average Bonchev–Trinajstić information content (AvgIpc) is 2.27. The quantitative estimate of drug-likeness (QED) is 0.873. The number of halogens is 1. The van der Waals surface area contributed by atoms with Gasteiger partial charge in [0.15, 0.2) is 0 Å². The van der Waals surface area contributed by atoms with Crippen molar-refractivity contribution in [2.45, 2.75) is 32.4 Å². The van der Waals surface area contributed by atoms with Crippen LogP contribution in [0, 0.1) is 5.82 Å². The summed E-state index contributed by atoms with van der Waals surface area (Å²) in [6.07, 6.45) is 0.273. The Balaban J connectivity index is 2.80. The molecule has 4 heteroatoms. The van der Waals surface area contributed by atoms with Crippen LogP contribution in [-0.2, 0) is 4.79 Å². The van der Waals surface area contributed by atoms with Gasteiger partial charge in [-0.15, -0.1) is 0 Å². The molecule has 0 aromatic heterocycles. The highest BCUT2D eigenvalue weighted by Crippen LogP contribution is 2.22. The first-order valence-electron chi connectivity index (χ1n) is 5.69. The molecule has 17 heavy (non-hydrogen) atoms. The van der Waals surface area contributed by atoms with E-state index in [2.05, 4.69) is 0 Å². The molecule has 94 valence electrons. The zero-order chi connectivity index (χ0) is 13.0. The van der Waals surface area contributed by atoms with Gasteiger partial charge in [-0.2, -0.15) is 0 Å².